The molecule has 0 radical (unpaired) electrons. The zero-order chi connectivity index (χ0) is 24.4. The second-order valence-electron chi connectivity index (χ2n) is 8.70. The Morgan fingerprint density at radius 3 is 2.58 bits per heavy atom. The molecule has 8 heteroatoms. The quantitative estimate of drug-likeness (QED) is 0.179. The van der Waals surface area contributed by atoms with Crippen LogP contribution in [0.4, 0.5) is 4.39 Å². The van der Waals surface area contributed by atoms with Crippen LogP contribution < -0.4 is 0 Å². The number of methoxy groups -OCH3 is 1. The molecule has 2 aliphatic rings. The van der Waals surface area contributed by atoms with Crippen molar-refractivity contribution >= 4 is 17.9 Å². The highest BCUT2D eigenvalue weighted by atomic mass is 19.1. The predicted molar refractivity (Wildman–Crippen MR) is 120 cm³/mol. The lowest BCUT2D eigenvalue weighted by Gasteiger charge is -2.22. The zero-order valence-electron chi connectivity index (χ0n) is 20.1. The summed E-state index contributed by atoms with van der Waals surface area (Å²) in [6.07, 6.45) is 8.06. The molecule has 7 nitrogen and oxygen atoms in total. The van der Waals surface area contributed by atoms with Crippen LogP contribution in [0, 0.1) is 11.8 Å². The van der Waals surface area contributed by atoms with Gasteiger partial charge < -0.3 is 18.9 Å². The molecule has 0 amide bonds. The summed E-state index contributed by atoms with van der Waals surface area (Å²) in [5.41, 5.74) is 0. The Balaban J connectivity index is 2.11. The van der Waals surface area contributed by atoms with Crippen LogP contribution in [-0.4, -0.2) is 49.5 Å². The highest BCUT2D eigenvalue weighted by Gasteiger charge is 2.55. The Hall–Kier alpha value is -2.38. The standard InChI is InChI=1S/C25H37FO7/c1-5-6-7-10-18(31-16(2)27)13-14-19-21(32-17(3)28)15-22-24(19)25(26)20(33-22)11-8-9-12-23(29)30-4/h11,13-14,18-19,21-22,24-25H,5-10,12,15H2,1-4H3/b14-13+,20-11-/t18-,19-,21+,22-,24+,25+/m0/s1. The topological polar surface area (TPSA) is 88.1 Å². The third-order valence-electron chi connectivity index (χ3n) is 6.10. The van der Waals surface area contributed by atoms with Gasteiger partial charge in [0.05, 0.1) is 7.11 Å². The van der Waals surface area contributed by atoms with Crippen LogP contribution in [0.2, 0.25) is 0 Å². The molecule has 1 saturated heterocycles. The van der Waals surface area contributed by atoms with Crippen LogP contribution in [-0.2, 0) is 33.3 Å². The summed E-state index contributed by atoms with van der Waals surface area (Å²) in [4.78, 5) is 34.4. The van der Waals surface area contributed by atoms with Gasteiger partial charge in [0.2, 0.25) is 0 Å². The predicted octanol–water partition coefficient (Wildman–Crippen LogP) is 4.59. The van der Waals surface area contributed by atoms with E-state index >= 15 is 4.39 Å². The van der Waals surface area contributed by atoms with E-state index in [2.05, 4.69) is 11.7 Å². The van der Waals surface area contributed by atoms with Crippen LogP contribution >= 0.6 is 0 Å². The second kappa shape index (κ2) is 13.4. The normalized spacial score (nSPS) is 28.4. The number of carbonyl (C=O) groups excluding carboxylic acids is 3. The molecule has 186 valence electrons. The lowest BCUT2D eigenvalue weighted by Crippen LogP contribution is -2.28. The minimum absolute atomic E-state index is 0.263. The molecule has 1 heterocycles. The number of hydrogen-bond donors (Lipinski definition) is 0. The Labute approximate surface area is 195 Å². The average molecular weight is 469 g/mol. The van der Waals surface area contributed by atoms with Gasteiger partial charge in [-0.1, -0.05) is 25.8 Å². The first kappa shape index (κ1) is 26.9. The maximum atomic E-state index is 15.4. The number of hydrogen-bond acceptors (Lipinski definition) is 7. The Morgan fingerprint density at radius 2 is 1.94 bits per heavy atom. The third kappa shape index (κ3) is 8.16. The fourth-order valence-electron chi connectivity index (χ4n) is 4.58. The molecule has 0 spiro atoms. The largest absolute Gasteiger partial charge is 0.491 e. The van der Waals surface area contributed by atoms with Gasteiger partial charge in [-0.25, -0.2) is 4.39 Å². The van der Waals surface area contributed by atoms with Gasteiger partial charge in [0, 0.05) is 38.5 Å². The Kier molecular flexibility index (Phi) is 10.9. The van der Waals surface area contributed by atoms with Crippen molar-refractivity contribution in [2.75, 3.05) is 7.11 Å². The minimum atomic E-state index is -1.34. The molecule has 0 aromatic rings. The molecule has 1 aliphatic carbocycles. The molecule has 2 fully saturated rings. The first-order valence-electron chi connectivity index (χ1n) is 11.9. The molecular weight excluding hydrogens is 431 g/mol. The Bertz CT molecular complexity index is 732. The van der Waals surface area contributed by atoms with E-state index in [0.29, 0.717) is 25.7 Å². The van der Waals surface area contributed by atoms with Gasteiger partial charge in [-0.3, -0.25) is 14.4 Å². The molecule has 6 atom stereocenters. The first-order valence-corrected chi connectivity index (χ1v) is 11.9. The number of esters is 3. The second-order valence-corrected chi connectivity index (χ2v) is 8.70. The number of unbranched alkanes of at least 4 members (excludes halogenated alkanes) is 3. The molecule has 2 rings (SSSR count). The van der Waals surface area contributed by atoms with Gasteiger partial charge in [0.1, 0.15) is 24.1 Å². The summed E-state index contributed by atoms with van der Waals surface area (Å²) >= 11 is 0. The number of alkyl halides is 1. The fourth-order valence-corrected chi connectivity index (χ4v) is 4.58. The van der Waals surface area contributed by atoms with Crippen molar-refractivity contribution in [3.8, 4) is 0 Å². The van der Waals surface area contributed by atoms with Crippen molar-refractivity contribution in [3.63, 3.8) is 0 Å². The van der Waals surface area contributed by atoms with Gasteiger partial charge in [-0.2, -0.15) is 0 Å². The summed E-state index contributed by atoms with van der Waals surface area (Å²) < 4.78 is 36.8. The lowest BCUT2D eigenvalue weighted by atomic mass is 9.89. The minimum Gasteiger partial charge on any atom is -0.491 e. The van der Waals surface area contributed by atoms with Crippen LogP contribution in [0.25, 0.3) is 0 Å². The van der Waals surface area contributed by atoms with Crippen LogP contribution in [0.15, 0.2) is 24.0 Å². The van der Waals surface area contributed by atoms with E-state index in [1.54, 1.807) is 12.2 Å². The van der Waals surface area contributed by atoms with E-state index in [1.807, 2.05) is 6.08 Å². The number of allylic oxidation sites excluding steroid dienone is 2. The molecule has 1 aliphatic heterocycles. The molecule has 0 aromatic carbocycles. The van der Waals surface area contributed by atoms with Crippen LogP contribution in [0.5, 0.6) is 0 Å². The summed E-state index contributed by atoms with van der Waals surface area (Å²) in [7, 11) is 1.34. The maximum Gasteiger partial charge on any atom is 0.305 e. The monoisotopic (exact) mass is 468 g/mol. The number of carbonyl (C=O) groups is 3. The highest BCUT2D eigenvalue weighted by molar-refractivity contribution is 5.69. The van der Waals surface area contributed by atoms with Crippen molar-refractivity contribution in [3.05, 3.63) is 24.0 Å². The van der Waals surface area contributed by atoms with Crippen molar-refractivity contribution < 1.29 is 37.7 Å². The van der Waals surface area contributed by atoms with Crippen molar-refractivity contribution in [1.29, 1.82) is 0 Å². The molecule has 0 aromatic heterocycles. The summed E-state index contributed by atoms with van der Waals surface area (Å²) in [5, 5.41) is 0. The number of rotatable bonds is 12. The average Bonchev–Trinajstić information content (AvgIpc) is 3.23. The van der Waals surface area contributed by atoms with E-state index in [1.165, 1.54) is 21.0 Å². The van der Waals surface area contributed by atoms with Gasteiger partial charge in [-0.15, -0.1) is 0 Å². The van der Waals surface area contributed by atoms with Crippen LogP contribution in [0.3, 0.4) is 0 Å². The van der Waals surface area contributed by atoms with Gasteiger partial charge in [0.15, 0.2) is 6.17 Å². The number of fused-ring (bicyclic) bond motifs is 1. The van der Waals surface area contributed by atoms with Crippen molar-refractivity contribution in [2.45, 2.75) is 96.6 Å². The first-order chi connectivity index (χ1) is 15.8. The SMILES string of the molecule is CCCCC[C@@H](/C=C/[C@@H]1[C@@H]2[C@H](C[C@H]1OC(C)=O)O/C(=C\CCCC(=O)OC)[C@H]2F)OC(C)=O. The molecular formula is C25H37FO7. The lowest BCUT2D eigenvalue weighted by molar-refractivity contribution is -0.148. The Morgan fingerprint density at radius 1 is 1.18 bits per heavy atom. The van der Waals surface area contributed by atoms with Gasteiger partial charge >= 0.3 is 17.9 Å². The third-order valence-corrected chi connectivity index (χ3v) is 6.10. The summed E-state index contributed by atoms with van der Waals surface area (Å²) in [6.45, 7) is 4.80. The number of halogens is 1. The fraction of sp³-hybridized carbons (Fsp3) is 0.720. The van der Waals surface area contributed by atoms with Crippen molar-refractivity contribution in [1.82, 2.24) is 0 Å². The van der Waals surface area contributed by atoms with E-state index in [4.69, 9.17) is 14.2 Å². The summed E-state index contributed by atoms with van der Waals surface area (Å²) in [6, 6.07) is 0. The molecule has 33 heavy (non-hydrogen) atoms. The van der Waals surface area contributed by atoms with Crippen molar-refractivity contribution in [2.24, 2.45) is 11.8 Å². The molecule has 1 saturated carbocycles. The molecule has 0 unspecified atom stereocenters. The van der Waals surface area contributed by atoms with E-state index in [9.17, 15) is 14.4 Å². The smallest absolute Gasteiger partial charge is 0.305 e. The van der Waals surface area contributed by atoms with Gasteiger partial charge in [0.25, 0.3) is 0 Å². The molecule has 0 N–H and O–H groups in total. The van der Waals surface area contributed by atoms with E-state index in [0.717, 1.165) is 19.3 Å². The van der Waals surface area contributed by atoms with Crippen LogP contribution in [0.1, 0.15) is 72.1 Å². The number of ether oxygens (including phenoxy) is 4. The molecule has 0 bridgehead atoms. The summed E-state index contributed by atoms with van der Waals surface area (Å²) in [5.74, 6) is -1.71. The zero-order valence-corrected chi connectivity index (χ0v) is 20.1. The van der Waals surface area contributed by atoms with E-state index < -0.39 is 36.4 Å². The van der Waals surface area contributed by atoms with Gasteiger partial charge in [-0.05, 0) is 37.8 Å². The highest BCUT2D eigenvalue weighted by Crippen LogP contribution is 2.48. The van der Waals surface area contributed by atoms with E-state index in [-0.39, 0.29) is 30.0 Å². The maximum absolute atomic E-state index is 15.4.